The lowest BCUT2D eigenvalue weighted by Crippen LogP contribution is -2.44. The second kappa shape index (κ2) is 6.57. The largest absolute Gasteiger partial charge is 0.480 e. The molecule has 1 unspecified atom stereocenters. The highest BCUT2D eigenvalue weighted by atomic mass is 16.5. The second-order valence-corrected chi connectivity index (χ2v) is 4.00. The highest BCUT2D eigenvalue weighted by molar-refractivity contribution is 5.68. The summed E-state index contributed by atoms with van der Waals surface area (Å²) < 4.78 is 5.20. The number of ether oxygens (including phenoxy) is 1. The Hall–Kier alpha value is -0.980. The molecule has 16 heavy (non-hydrogen) atoms. The van der Waals surface area contributed by atoms with Gasteiger partial charge in [-0.15, -0.1) is 0 Å². The van der Waals surface area contributed by atoms with Gasteiger partial charge in [-0.05, 0) is 12.8 Å². The average molecular weight is 230 g/mol. The van der Waals surface area contributed by atoms with Crippen molar-refractivity contribution in [3.8, 4) is 0 Å². The molecule has 3 N–H and O–H groups in total. The maximum atomic E-state index is 10.4. The van der Waals surface area contributed by atoms with Gasteiger partial charge in [-0.1, -0.05) is 0 Å². The summed E-state index contributed by atoms with van der Waals surface area (Å²) in [5, 5.41) is 8.46. The molecule has 92 valence electrons. The third-order valence-electron chi connectivity index (χ3n) is 2.62. The van der Waals surface area contributed by atoms with E-state index in [1.54, 1.807) is 0 Å². The summed E-state index contributed by atoms with van der Waals surface area (Å²) in [6.07, 6.45) is 2.34. The van der Waals surface area contributed by atoms with Crippen molar-refractivity contribution >= 4 is 12.3 Å². The lowest BCUT2D eigenvalue weighted by Gasteiger charge is -2.32. The Morgan fingerprint density at radius 1 is 1.56 bits per heavy atom. The van der Waals surface area contributed by atoms with E-state index in [4.69, 9.17) is 15.6 Å². The Bertz CT molecular complexity index is 239. The van der Waals surface area contributed by atoms with Crippen LogP contribution in [0.15, 0.2) is 0 Å². The molecule has 1 saturated heterocycles. The van der Waals surface area contributed by atoms with Crippen LogP contribution in [0, 0.1) is 0 Å². The molecule has 1 aliphatic rings. The highest BCUT2D eigenvalue weighted by Crippen LogP contribution is 2.13. The van der Waals surface area contributed by atoms with Crippen LogP contribution in [0.3, 0.4) is 0 Å². The standard InChI is InChI=1S/C10H18N2O4/c11-8(6-13)5-12-3-1-9(2-4-12)16-7-10(14)15/h6,8-9H,1-5,7,11H2,(H,14,15). The molecular weight excluding hydrogens is 212 g/mol. The Balaban J connectivity index is 2.18. The molecular formula is C10H18N2O4. The molecule has 1 atom stereocenters. The molecule has 1 fully saturated rings. The van der Waals surface area contributed by atoms with Crippen LogP contribution >= 0.6 is 0 Å². The van der Waals surface area contributed by atoms with Gasteiger partial charge in [-0.25, -0.2) is 4.79 Å². The summed E-state index contributed by atoms with van der Waals surface area (Å²) in [6, 6.07) is -0.434. The number of nitrogens with two attached hydrogens (primary N) is 1. The van der Waals surface area contributed by atoms with Crippen molar-refractivity contribution in [3.05, 3.63) is 0 Å². The van der Waals surface area contributed by atoms with Crippen LogP contribution in [-0.2, 0) is 14.3 Å². The fourth-order valence-electron chi connectivity index (χ4n) is 1.79. The topological polar surface area (TPSA) is 92.9 Å². The predicted molar refractivity (Wildman–Crippen MR) is 57.1 cm³/mol. The molecule has 0 amide bonds. The van der Waals surface area contributed by atoms with Crippen molar-refractivity contribution in [2.24, 2.45) is 5.73 Å². The van der Waals surface area contributed by atoms with Crippen LogP contribution < -0.4 is 5.73 Å². The van der Waals surface area contributed by atoms with Crippen LogP contribution in [0.5, 0.6) is 0 Å². The quantitative estimate of drug-likeness (QED) is 0.573. The minimum absolute atomic E-state index is 0.0137. The molecule has 0 bridgehead atoms. The number of nitrogens with zero attached hydrogens (tertiary/aromatic N) is 1. The van der Waals surface area contributed by atoms with E-state index in [0.717, 1.165) is 32.2 Å². The number of aliphatic carboxylic acids is 1. The molecule has 1 rings (SSSR count). The van der Waals surface area contributed by atoms with E-state index in [1.807, 2.05) is 0 Å². The molecule has 0 radical (unpaired) electrons. The number of likely N-dealkylation sites (tertiary alicyclic amines) is 1. The summed E-state index contributed by atoms with van der Waals surface area (Å²) in [5.74, 6) is -0.939. The molecule has 0 aromatic heterocycles. The average Bonchev–Trinajstić information content (AvgIpc) is 2.28. The number of hydrogen-bond donors (Lipinski definition) is 2. The third kappa shape index (κ3) is 4.69. The van der Waals surface area contributed by atoms with Crippen LogP contribution in [0.1, 0.15) is 12.8 Å². The minimum Gasteiger partial charge on any atom is -0.480 e. The molecule has 1 aliphatic heterocycles. The van der Waals surface area contributed by atoms with Gasteiger partial charge >= 0.3 is 5.97 Å². The van der Waals surface area contributed by atoms with E-state index in [0.29, 0.717) is 6.54 Å². The number of carboxylic acid groups (broad SMARTS) is 1. The monoisotopic (exact) mass is 230 g/mol. The molecule has 0 saturated carbocycles. The van der Waals surface area contributed by atoms with Gasteiger partial charge in [0.05, 0.1) is 12.1 Å². The lowest BCUT2D eigenvalue weighted by molar-refractivity contribution is -0.145. The van der Waals surface area contributed by atoms with Crippen molar-refractivity contribution in [1.29, 1.82) is 0 Å². The first-order valence-corrected chi connectivity index (χ1v) is 5.38. The summed E-state index contributed by atoms with van der Waals surface area (Å²) >= 11 is 0. The SMILES string of the molecule is NC(C=O)CN1CCC(OCC(=O)O)CC1. The highest BCUT2D eigenvalue weighted by Gasteiger charge is 2.21. The number of rotatable bonds is 6. The van der Waals surface area contributed by atoms with Crippen LogP contribution in [-0.4, -0.2) is 60.6 Å². The van der Waals surface area contributed by atoms with Gasteiger partial charge in [-0.2, -0.15) is 0 Å². The number of hydrogen-bond acceptors (Lipinski definition) is 5. The van der Waals surface area contributed by atoms with Crippen LogP contribution in [0.4, 0.5) is 0 Å². The number of carbonyl (C=O) groups is 2. The van der Waals surface area contributed by atoms with E-state index in [-0.39, 0.29) is 12.7 Å². The van der Waals surface area contributed by atoms with Gasteiger partial charge in [0.25, 0.3) is 0 Å². The fraction of sp³-hybridized carbons (Fsp3) is 0.800. The zero-order valence-electron chi connectivity index (χ0n) is 9.17. The van der Waals surface area contributed by atoms with Gasteiger partial charge in [0.1, 0.15) is 12.9 Å². The van der Waals surface area contributed by atoms with E-state index >= 15 is 0 Å². The first kappa shape index (κ1) is 13.1. The smallest absolute Gasteiger partial charge is 0.329 e. The van der Waals surface area contributed by atoms with E-state index < -0.39 is 12.0 Å². The summed E-state index contributed by atoms with van der Waals surface area (Å²) in [4.78, 5) is 22.8. The van der Waals surface area contributed by atoms with Gasteiger partial charge in [0.15, 0.2) is 0 Å². The van der Waals surface area contributed by atoms with E-state index in [1.165, 1.54) is 0 Å². The first-order valence-electron chi connectivity index (χ1n) is 5.38. The maximum absolute atomic E-state index is 10.4. The normalized spacial score (nSPS) is 20.6. The predicted octanol–water partition coefficient (Wildman–Crippen LogP) is -0.922. The van der Waals surface area contributed by atoms with Gasteiger partial charge < -0.3 is 25.3 Å². The number of carboxylic acids is 1. The zero-order valence-corrected chi connectivity index (χ0v) is 9.17. The van der Waals surface area contributed by atoms with E-state index in [9.17, 15) is 9.59 Å². The van der Waals surface area contributed by atoms with Crippen LogP contribution in [0.25, 0.3) is 0 Å². The molecule has 0 aromatic rings. The summed E-state index contributed by atoms with van der Waals surface area (Å²) in [7, 11) is 0. The van der Waals surface area contributed by atoms with Gasteiger partial charge in [0, 0.05) is 19.6 Å². The lowest BCUT2D eigenvalue weighted by atomic mass is 10.1. The molecule has 6 nitrogen and oxygen atoms in total. The van der Waals surface area contributed by atoms with Crippen molar-refractivity contribution in [2.45, 2.75) is 25.0 Å². The number of aldehydes is 1. The van der Waals surface area contributed by atoms with Gasteiger partial charge in [0.2, 0.25) is 0 Å². The van der Waals surface area contributed by atoms with Crippen molar-refractivity contribution in [2.75, 3.05) is 26.2 Å². The fourth-order valence-corrected chi connectivity index (χ4v) is 1.79. The summed E-state index contributed by atoms with van der Waals surface area (Å²) in [6.45, 7) is 1.92. The molecule has 6 heteroatoms. The Labute approximate surface area is 94.3 Å². The van der Waals surface area contributed by atoms with Gasteiger partial charge in [-0.3, -0.25) is 0 Å². The second-order valence-electron chi connectivity index (χ2n) is 4.00. The van der Waals surface area contributed by atoms with Crippen LogP contribution in [0.2, 0.25) is 0 Å². The number of carbonyl (C=O) groups excluding carboxylic acids is 1. The summed E-state index contributed by atoms with van der Waals surface area (Å²) in [5.41, 5.74) is 5.52. The minimum atomic E-state index is -0.939. The Morgan fingerprint density at radius 2 is 2.19 bits per heavy atom. The van der Waals surface area contributed by atoms with Crippen molar-refractivity contribution < 1.29 is 19.4 Å². The molecule has 0 spiro atoms. The van der Waals surface area contributed by atoms with E-state index in [2.05, 4.69) is 4.90 Å². The van der Waals surface area contributed by atoms with Crippen molar-refractivity contribution in [1.82, 2.24) is 4.90 Å². The molecule has 0 aromatic carbocycles. The molecule has 0 aliphatic carbocycles. The number of piperidine rings is 1. The van der Waals surface area contributed by atoms with Crippen molar-refractivity contribution in [3.63, 3.8) is 0 Å². The maximum Gasteiger partial charge on any atom is 0.329 e. The third-order valence-corrected chi connectivity index (χ3v) is 2.62. The Kier molecular flexibility index (Phi) is 5.37. The first-order chi connectivity index (χ1) is 7.61. The molecule has 1 heterocycles. The Morgan fingerprint density at radius 3 is 2.69 bits per heavy atom. The zero-order chi connectivity index (χ0) is 12.0.